The first-order chi connectivity index (χ1) is 22.4. The zero-order valence-corrected chi connectivity index (χ0v) is 25.2. The van der Waals surface area contributed by atoms with Crippen LogP contribution >= 0.6 is 0 Å². The van der Waals surface area contributed by atoms with E-state index in [1.807, 2.05) is 79.7 Å². The zero-order valence-electron chi connectivity index (χ0n) is 25.2. The van der Waals surface area contributed by atoms with Crippen LogP contribution in [0.25, 0.3) is 33.3 Å². The Morgan fingerprint density at radius 2 is 1.39 bits per heavy atom. The number of carbonyl (C=O) groups excluding carboxylic acids is 4. The Bertz CT molecular complexity index is 2010. The van der Waals surface area contributed by atoms with Gasteiger partial charge in [0, 0.05) is 16.5 Å². The summed E-state index contributed by atoms with van der Waals surface area (Å²) >= 11 is 0. The van der Waals surface area contributed by atoms with Crippen LogP contribution in [0.3, 0.4) is 0 Å². The van der Waals surface area contributed by atoms with Crippen molar-refractivity contribution in [3.63, 3.8) is 0 Å². The van der Waals surface area contributed by atoms with Crippen molar-refractivity contribution in [3.8, 4) is 22.4 Å². The number of esters is 1. The number of ether oxygens (including phenoxy) is 1. The molecule has 7 rings (SSSR count). The van der Waals surface area contributed by atoms with E-state index in [0.717, 1.165) is 16.7 Å². The molecule has 1 fully saturated rings. The maximum Gasteiger partial charge on any atom is 0.339 e. The molecule has 2 heterocycles. The molecule has 226 valence electrons. The maximum absolute atomic E-state index is 13.5. The molecule has 1 saturated heterocycles. The summed E-state index contributed by atoms with van der Waals surface area (Å²) in [4.78, 5) is 58.6. The van der Waals surface area contributed by atoms with Crippen LogP contribution in [0.5, 0.6) is 0 Å². The number of hydrogen-bond donors (Lipinski definition) is 0. The van der Waals surface area contributed by atoms with E-state index in [-0.39, 0.29) is 29.4 Å². The van der Waals surface area contributed by atoms with Gasteiger partial charge in [-0.15, -0.1) is 0 Å². The van der Waals surface area contributed by atoms with Crippen LogP contribution in [0, 0.1) is 18.8 Å². The average molecular weight is 607 g/mol. The van der Waals surface area contributed by atoms with Crippen LogP contribution in [0.15, 0.2) is 115 Å². The fourth-order valence-electron chi connectivity index (χ4n) is 6.26. The summed E-state index contributed by atoms with van der Waals surface area (Å²) in [6.07, 6.45) is 5.09. The first kappa shape index (κ1) is 29.0. The summed E-state index contributed by atoms with van der Waals surface area (Å²) in [5.41, 5.74) is 6.07. The van der Waals surface area contributed by atoms with E-state index >= 15 is 0 Å². The fourth-order valence-corrected chi connectivity index (χ4v) is 6.26. The fraction of sp³-hybridized carbons (Fsp3) is 0.154. The third kappa shape index (κ3) is 5.41. The predicted molar refractivity (Wildman–Crippen MR) is 176 cm³/mol. The molecular formula is C39H30N2O5. The Hall–Kier alpha value is -5.69. The summed E-state index contributed by atoms with van der Waals surface area (Å²) in [5, 5.41) is 0.620. The molecular weight excluding hydrogens is 576 g/mol. The molecule has 7 nitrogen and oxygen atoms in total. The third-order valence-corrected chi connectivity index (χ3v) is 8.76. The Labute approximate surface area is 266 Å². The van der Waals surface area contributed by atoms with E-state index in [1.165, 1.54) is 4.90 Å². The summed E-state index contributed by atoms with van der Waals surface area (Å²) in [6.45, 7) is 1.52. The van der Waals surface area contributed by atoms with Crippen molar-refractivity contribution in [3.05, 3.63) is 132 Å². The Morgan fingerprint density at radius 3 is 2.07 bits per heavy atom. The van der Waals surface area contributed by atoms with E-state index in [0.29, 0.717) is 51.8 Å². The van der Waals surface area contributed by atoms with Crippen molar-refractivity contribution in [1.82, 2.24) is 4.98 Å². The normalized spacial score (nSPS) is 17.3. The highest BCUT2D eigenvalue weighted by molar-refractivity contribution is 6.22. The Balaban J connectivity index is 1.12. The molecule has 4 aromatic carbocycles. The van der Waals surface area contributed by atoms with E-state index in [9.17, 15) is 19.2 Å². The number of imide groups is 1. The van der Waals surface area contributed by atoms with Gasteiger partial charge < -0.3 is 4.74 Å². The Kier molecular flexibility index (Phi) is 7.58. The standard InChI is InChI=1S/C39H30N2O5/c1-24-11-20-34-32(21-24)33(39(45)46-23-36(42)28-14-12-26(13-15-28)25-7-3-2-4-8-25)22-35(40-34)27-16-18-29(19-17-27)41-37(43)30-9-5-6-10-31(30)38(41)44/h2-8,11-22,30-31H,9-10,23H2,1H3. The predicted octanol–water partition coefficient (Wildman–Crippen LogP) is 7.37. The number of carbonyl (C=O) groups is 4. The molecule has 2 atom stereocenters. The zero-order chi connectivity index (χ0) is 31.8. The molecule has 2 aliphatic rings. The first-order valence-corrected chi connectivity index (χ1v) is 15.3. The molecule has 1 aromatic heterocycles. The lowest BCUT2D eigenvalue weighted by atomic mass is 9.85. The number of aromatic nitrogens is 1. The molecule has 46 heavy (non-hydrogen) atoms. The molecule has 1 aliphatic carbocycles. The lowest BCUT2D eigenvalue weighted by Gasteiger charge is -2.15. The highest BCUT2D eigenvalue weighted by Gasteiger charge is 2.47. The lowest BCUT2D eigenvalue weighted by Crippen LogP contribution is -2.30. The molecule has 5 aromatic rings. The van der Waals surface area contributed by atoms with Crippen LogP contribution in [0.2, 0.25) is 0 Å². The number of amides is 2. The monoisotopic (exact) mass is 606 g/mol. The van der Waals surface area contributed by atoms with E-state index in [4.69, 9.17) is 9.72 Å². The number of ketones is 1. The number of allylic oxidation sites excluding steroid dienone is 2. The van der Waals surface area contributed by atoms with E-state index < -0.39 is 12.6 Å². The summed E-state index contributed by atoms with van der Waals surface area (Å²) in [6, 6.07) is 31.4. The second-order valence-corrected chi connectivity index (χ2v) is 11.7. The van der Waals surface area contributed by atoms with Gasteiger partial charge in [0.2, 0.25) is 11.8 Å². The topological polar surface area (TPSA) is 93.6 Å². The van der Waals surface area contributed by atoms with Crippen LogP contribution in [-0.4, -0.2) is 35.2 Å². The minimum atomic E-state index is -0.630. The molecule has 2 unspecified atom stereocenters. The molecule has 0 bridgehead atoms. The highest BCUT2D eigenvalue weighted by Crippen LogP contribution is 2.38. The quantitative estimate of drug-likeness (QED) is 0.0831. The van der Waals surface area contributed by atoms with Crippen molar-refractivity contribution in [2.24, 2.45) is 11.8 Å². The number of pyridine rings is 1. The summed E-state index contributed by atoms with van der Waals surface area (Å²) < 4.78 is 5.55. The summed E-state index contributed by atoms with van der Waals surface area (Å²) in [7, 11) is 0. The van der Waals surface area contributed by atoms with Gasteiger partial charge in [0.05, 0.1) is 34.3 Å². The molecule has 2 amide bonds. The number of rotatable bonds is 7. The van der Waals surface area contributed by atoms with Crippen molar-refractivity contribution < 1.29 is 23.9 Å². The largest absolute Gasteiger partial charge is 0.454 e. The van der Waals surface area contributed by atoms with Crippen LogP contribution in [0.1, 0.15) is 39.1 Å². The average Bonchev–Trinajstić information content (AvgIpc) is 3.36. The van der Waals surface area contributed by atoms with Gasteiger partial charge >= 0.3 is 5.97 Å². The lowest BCUT2D eigenvalue weighted by molar-refractivity contribution is -0.122. The number of fused-ring (bicyclic) bond motifs is 2. The minimum Gasteiger partial charge on any atom is -0.454 e. The molecule has 0 saturated carbocycles. The van der Waals surface area contributed by atoms with Crippen molar-refractivity contribution in [1.29, 1.82) is 0 Å². The van der Waals surface area contributed by atoms with Crippen molar-refractivity contribution in [2.75, 3.05) is 11.5 Å². The number of anilines is 1. The molecule has 0 radical (unpaired) electrons. The van der Waals surface area contributed by atoms with Gasteiger partial charge in [-0.2, -0.15) is 0 Å². The van der Waals surface area contributed by atoms with Gasteiger partial charge in [-0.25, -0.2) is 9.78 Å². The molecule has 1 aliphatic heterocycles. The third-order valence-electron chi connectivity index (χ3n) is 8.76. The number of Topliss-reactive ketones (excluding diaryl/α,β-unsaturated/α-hetero) is 1. The van der Waals surface area contributed by atoms with Crippen LogP contribution in [0.4, 0.5) is 5.69 Å². The van der Waals surface area contributed by atoms with Gasteiger partial charge in [0.25, 0.3) is 0 Å². The van der Waals surface area contributed by atoms with Gasteiger partial charge in [0.1, 0.15) is 0 Å². The molecule has 7 heteroatoms. The van der Waals surface area contributed by atoms with Gasteiger partial charge in [0.15, 0.2) is 12.4 Å². The summed E-state index contributed by atoms with van der Waals surface area (Å²) in [5.74, 6) is -1.89. The number of hydrogen-bond acceptors (Lipinski definition) is 6. The van der Waals surface area contributed by atoms with Gasteiger partial charge in [-0.05, 0) is 61.2 Å². The first-order valence-electron chi connectivity index (χ1n) is 15.3. The van der Waals surface area contributed by atoms with Crippen LogP contribution in [-0.2, 0) is 14.3 Å². The van der Waals surface area contributed by atoms with Crippen molar-refractivity contribution in [2.45, 2.75) is 19.8 Å². The minimum absolute atomic E-state index is 0.169. The second-order valence-electron chi connectivity index (χ2n) is 11.7. The van der Waals surface area contributed by atoms with E-state index in [2.05, 4.69) is 0 Å². The number of nitrogens with zero attached hydrogens (tertiary/aromatic N) is 2. The number of benzene rings is 4. The molecule has 0 spiro atoms. The van der Waals surface area contributed by atoms with Crippen LogP contribution < -0.4 is 4.90 Å². The van der Waals surface area contributed by atoms with Gasteiger partial charge in [-0.1, -0.05) is 90.5 Å². The van der Waals surface area contributed by atoms with Gasteiger partial charge in [-0.3, -0.25) is 19.3 Å². The maximum atomic E-state index is 13.5. The smallest absolute Gasteiger partial charge is 0.339 e. The number of aryl methyl sites for hydroxylation is 1. The SMILES string of the molecule is Cc1ccc2nc(-c3ccc(N4C(=O)C5CC=CCC5C4=O)cc3)cc(C(=O)OCC(=O)c3ccc(-c4ccccc4)cc3)c2c1. The van der Waals surface area contributed by atoms with E-state index in [1.54, 1.807) is 42.5 Å². The van der Waals surface area contributed by atoms with Crippen molar-refractivity contribution >= 4 is 40.2 Å². The highest BCUT2D eigenvalue weighted by atomic mass is 16.5. The molecule has 0 N–H and O–H groups in total. The second kappa shape index (κ2) is 12.0. The Morgan fingerprint density at radius 1 is 0.761 bits per heavy atom.